The Morgan fingerprint density at radius 1 is 1.09 bits per heavy atom. The molecule has 0 aliphatic carbocycles. The highest BCUT2D eigenvalue weighted by Gasteiger charge is 2.16. The van der Waals surface area contributed by atoms with E-state index in [1.54, 1.807) is 23.5 Å². The molecule has 0 atom stereocenters. The van der Waals surface area contributed by atoms with Gasteiger partial charge in [-0.3, -0.25) is 0 Å². The van der Waals surface area contributed by atoms with Gasteiger partial charge in [-0.05, 0) is 32.0 Å². The summed E-state index contributed by atoms with van der Waals surface area (Å²) in [5.74, 6) is 1.56. The molecule has 0 N–H and O–H groups in total. The molecule has 0 fully saturated rings. The summed E-state index contributed by atoms with van der Waals surface area (Å²) >= 11 is 0. The summed E-state index contributed by atoms with van der Waals surface area (Å²) in [6, 6.07) is 8.03. The molecule has 0 saturated carbocycles. The van der Waals surface area contributed by atoms with Crippen molar-refractivity contribution in [1.82, 2.24) is 19.4 Å². The largest absolute Gasteiger partial charge is 0.454 e. The molecular weight excluding hydrogens is 294 g/mol. The average molecular weight is 309 g/mol. The summed E-state index contributed by atoms with van der Waals surface area (Å²) in [5.41, 5.74) is 4.28. The molecule has 23 heavy (non-hydrogen) atoms. The van der Waals surface area contributed by atoms with Crippen LogP contribution in [0.4, 0.5) is 0 Å². The predicted molar refractivity (Wildman–Crippen MR) is 84.4 cm³/mol. The van der Waals surface area contributed by atoms with Crippen molar-refractivity contribution in [3.63, 3.8) is 0 Å². The molecule has 0 spiro atoms. The number of fused-ring (bicyclic) bond motifs is 1. The number of hydrogen-bond donors (Lipinski definition) is 0. The number of nitrogens with zero attached hydrogens (tertiary/aromatic N) is 5. The highest BCUT2D eigenvalue weighted by Crippen LogP contribution is 2.34. The summed E-state index contributed by atoms with van der Waals surface area (Å²) in [4.78, 5) is 0. The molecule has 3 heterocycles. The maximum atomic E-state index is 5.46. The van der Waals surface area contributed by atoms with E-state index in [1.807, 2.05) is 18.2 Å². The van der Waals surface area contributed by atoms with Crippen molar-refractivity contribution in [3.05, 3.63) is 53.9 Å². The first-order valence-corrected chi connectivity index (χ1v) is 7.20. The molecule has 1 aliphatic heterocycles. The van der Waals surface area contributed by atoms with Crippen molar-refractivity contribution in [3.8, 4) is 17.2 Å². The molecule has 1 aromatic carbocycles. The Balaban J connectivity index is 1.72. The fourth-order valence-electron chi connectivity index (χ4n) is 2.72. The van der Waals surface area contributed by atoms with Crippen LogP contribution < -0.4 is 9.47 Å². The summed E-state index contributed by atoms with van der Waals surface area (Å²) < 4.78 is 14.6. The molecule has 0 amide bonds. The molecule has 0 saturated heterocycles. The molecule has 0 unspecified atom stereocenters. The van der Waals surface area contributed by atoms with Gasteiger partial charge in [-0.15, -0.1) is 10.2 Å². The fraction of sp³-hybridized carbons (Fsp3) is 0.188. The van der Waals surface area contributed by atoms with E-state index in [9.17, 15) is 0 Å². The third-order valence-electron chi connectivity index (χ3n) is 3.82. The third-order valence-corrected chi connectivity index (χ3v) is 3.82. The van der Waals surface area contributed by atoms with Crippen molar-refractivity contribution in [2.45, 2.75) is 13.8 Å². The lowest BCUT2D eigenvalue weighted by molar-refractivity contribution is 0.174. The van der Waals surface area contributed by atoms with Crippen molar-refractivity contribution >= 4 is 6.21 Å². The molecule has 0 bridgehead atoms. The Kier molecular flexibility index (Phi) is 3.11. The van der Waals surface area contributed by atoms with E-state index < -0.39 is 0 Å². The van der Waals surface area contributed by atoms with Crippen LogP contribution in [0.1, 0.15) is 17.0 Å². The Bertz CT molecular complexity index is 880. The quantitative estimate of drug-likeness (QED) is 0.696. The van der Waals surface area contributed by atoms with Gasteiger partial charge >= 0.3 is 0 Å². The molecule has 2 aromatic heterocycles. The summed E-state index contributed by atoms with van der Waals surface area (Å²) in [6.07, 6.45) is 4.90. The van der Waals surface area contributed by atoms with Gasteiger partial charge in [0.15, 0.2) is 11.5 Å². The van der Waals surface area contributed by atoms with Crippen LogP contribution in [0.5, 0.6) is 11.5 Å². The maximum absolute atomic E-state index is 5.46. The van der Waals surface area contributed by atoms with E-state index in [4.69, 9.17) is 9.47 Å². The number of rotatable bonds is 3. The zero-order chi connectivity index (χ0) is 15.8. The lowest BCUT2D eigenvalue weighted by atomic mass is 10.2. The van der Waals surface area contributed by atoms with E-state index >= 15 is 0 Å². The molecule has 7 heteroatoms. The van der Waals surface area contributed by atoms with Crippen LogP contribution in [0.3, 0.4) is 0 Å². The predicted octanol–water partition coefficient (Wildman–Crippen LogP) is 2.30. The van der Waals surface area contributed by atoms with Crippen LogP contribution in [0, 0.1) is 13.8 Å². The second-order valence-corrected chi connectivity index (χ2v) is 5.29. The average Bonchev–Trinajstić information content (AvgIpc) is 3.25. The molecule has 116 valence electrons. The van der Waals surface area contributed by atoms with Crippen LogP contribution in [0.25, 0.3) is 5.69 Å². The minimum absolute atomic E-state index is 0.277. The Morgan fingerprint density at radius 2 is 1.87 bits per heavy atom. The first-order chi connectivity index (χ1) is 11.2. The fourth-order valence-corrected chi connectivity index (χ4v) is 2.72. The molecule has 4 rings (SSSR count). The number of benzene rings is 1. The van der Waals surface area contributed by atoms with Crippen molar-refractivity contribution in [2.24, 2.45) is 5.10 Å². The van der Waals surface area contributed by atoms with Gasteiger partial charge in [0.05, 0.1) is 6.21 Å². The lowest BCUT2D eigenvalue weighted by Crippen LogP contribution is -1.99. The first-order valence-electron chi connectivity index (χ1n) is 7.20. The lowest BCUT2D eigenvalue weighted by Gasteiger charge is -2.10. The van der Waals surface area contributed by atoms with Crippen molar-refractivity contribution < 1.29 is 9.47 Å². The van der Waals surface area contributed by atoms with E-state index in [1.165, 1.54) is 0 Å². The van der Waals surface area contributed by atoms with Gasteiger partial charge in [-0.2, -0.15) is 5.10 Å². The van der Waals surface area contributed by atoms with E-state index in [0.717, 1.165) is 34.1 Å². The zero-order valence-electron chi connectivity index (χ0n) is 12.8. The van der Waals surface area contributed by atoms with E-state index in [2.05, 4.69) is 39.8 Å². The normalized spacial score (nSPS) is 13.1. The monoisotopic (exact) mass is 309 g/mol. The summed E-state index contributed by atoms with van der Waals surface area (Å²) in [7, 11) is 0. The number of aryl methyl sites for hydroxylation is 1. The number of aromatic nitrogens is 4. The Morgan fingerprint density at radius 3 is 2.70 bits per heavy atom. The zero-order valence-corrected chi connectivity index (χ0v) is 12.8. The van der Waals surface area contributed by atoms with Gasteiger partial charge in [-0.1, -0.05) is 0 Å². The third kappa shape index (κ3) is 2.36. The minimum Gasteiger partial charge on any atom is -0.454 e. The summed E-state index contributed by atoms with van der Waals surface area (Å²) in [6.45, 7) is 4.40. The van der Waals surface area contributed by atoms with E-state index in [-0.39, 0.29) is 6.79 Å². The number of hydrogen-bond acceptors (Lipinski definition) is 5. The van der Waals surface area contributed by atoms with Gasteiger partial charge in [0, 0.05) is 28.7 Å². The van der Waals surface area contributed by atoms with Crippen LogP contribution >= 0.6 is 0 Å². The molecule has 3 aromatic rings. The van der Waals surface area contributed by atoms with Crippen LogP contribution in [0.15, 0.2) is 42.0 Å². The second kappa shape index (κ2) is 5.28. The highest BCUT2D eigenvalue weighted by molar-refractivity contribution is 5.82. The Hall–Kier alpha value is -3.09. The molecule has 7 nitrogen and oxygen atoms in total. The molecule has 0 radical (unpaired) electrons. The van der Waals surface area contributed by atoms with Crippen LogP contribution in [-0.2, 0) is 0 Å². The van der Waals surface area contributed by atoms with Crippen molar-refractivity contribution in [1.29, 1.82) is 0 Å². The number of ether oxygens (including phenoxy) is 2. The topological polar surface area (TPSA) is 66.5 Å². The van der Waals surface area contributed by atoms with Crippen LogP contribution in [-0.4, -0.2) is 32.4 Å². The van der Waals surface area contributed by atoms with Gasteiger partial charge in [0.1, 0.15) is 12.7 Å². The van der Waals surface area contributed by atoms with Gasteiger partial charge < -0.3 is 14.0 Å². The van der Waals surface area contributed by atoms with Gasteiger partial charge in [0.25, 0.3) is 0 Å². The first kappa shape index (κ1) is 13.6. The SMILES string of the molecule is Cc1cc(C=Nn2cnnc2)c(C)n1-c1ccc2c(c1)OCO2. The minimum atomic E-state index is 0.277. The van der Waals surface area contributed by atoms with Crippen molar-refractivity contribution in [2.75, 3.05) is 6.79 Å². The Labute approximate surface area is 132 Å². The second-order valence-electron chi connectivity index (χ2n) is 5.29. The standard InChI is InChI=1S/C16H15N5O2/c1-11-5-13(7-19-20-8-17-18-9-20)12(2)21(11)14-3-4-15-16(6-14)23-10-22-15/h3-9H,10H2,1-2H3. The van der Waals surface area contributed by atoms with E-state index in [0.29, 0.717) is 0 Å². The van der Waals surface area contributed by atoms with Gasteiger partial charge in [-0.25, -0.2) is 4.68 Å². The smallest absolute Gasteiger partial charge is 0.231 e. The highest BCUT2D eigenvalue weighted by atomic mass is 16.7. The summed E-state index contributed by atoms with van der Waals surface area (Å²) in [5, 5.41) is 11.8. The molecule has 1 aliphatic rings. The maximum Gasteiger partial charge on any atom is 0.231 e. The van der Waals surface area contributed by atoms with Crippen LogP contribution in [0.2, 0.25) is 0 Å². The molecular formula is C16H15N5O2. The van der Waals surface area contributed by atoms with Gasteiger partial charge in [0.2, 0.25) is 6.79 Å².